The second kappa shape index (κ2) is 7.45. The summed E-state index contributed by atoms with van der Waals surface area (Å²) in [5.41, 5.74) is -0.863. The lowest BCUT2D eigenvalue weighted by Crippen LogP contribution is -2.19. The lowest BCUT2D eigenvalue weighted by atomic mass is 10.1. The molecular weight excluding hydrogens is 262 g/mol. The number of nitrogens with one attached hydrogen (secondary N) is 1. The van der Waals surface area contributed by atoms with E-state index in [4.69, 9.17) is 4.74 Å². The van der Waals surface area contributed by atoms with E-state index in [0.29, 0.717) is 19.2 Å². The average Bonchev–Trinajstić information content (AvgIpc) is 2.34. The highest BCUT2D eigenvalue weighted by Crippen LogP contribution is 2.32. The van der Waals surface area contributed by atoms with Gasteiger partial charge in [-0.1, -0.05) is 6.07 Å². The first kappa shape index (κ1) is 15.9. The number of unbranched alkanes of at least 4 members (excludes halogenated alkanes) is 1. The fourth-order valence-corrected chi connectivity index (χ4v) is 1.69. The monoisotopic (exact) mass is 279 g/mol. The van der Waals surface area contributed by atoms with Crippen LogP contribution in [0.3, 0.4) is 0 Å². The molecule has 0 atom stereocenters. The lowest BCUT2D eigenvalue weighted by molar-refractivity contribution is -0.138. The van der Waals surface area contributed by atoms with Gasteiger partial charge in [-0.3, -0.25) is 0 Å². The van der Waals surface area contributed by atoms with Gasteiger partial charge in [0.2, 0.25) is 0 Å². The van der Waals surface area contributed by atoms with E-state index in [0.717, 1.165) is 18.9 Å². The van der Waals surface area contributed by atoms with Gasteiger partial charge in [-0.15, -0.1) is 0 Å². The Kier molecular flexibility index (Phi) is 6.24. The molecule has 0 unspecified atom stereocenters. The third kappa shape index (κ3) is 5.57. The van der Waals surface area contributed by atoms with Gasteiger partial charge in [0.1, 0.15) is 5.82 Å². The van der Waals surface area contributed by atoms with Crippen molar-refractivity contribution in [1.29, 1.82) is 0 Å². The number of benzene rings is 1. The second-order valence-electron chi connectivity index (χ2n) is 4.18. The molecular formula is C13H17F4NO. The van der Waals surface area contributed by atoms with Crippen LogP contribution in [-0.2, 0) is 17.5 Å². The van der Waals surface area contributed by atoms with E-state index in [1.165, 1.54) is 6.07 Å². The first-order chi connectivity index (χ1) is 8.95. The van der Waals surface area contributed by atoms with Gasteiger partial charge in [0, 0.05) is 20.3 Å². The summed E-state index contributed by atoms with van der Waals surface area (Å²) in [5.74, 6) is -0.879. The van der Waals surface area contributed by atoms with Gasteiger partial charge >= 0.3 is 6.18 Å². The average molecular weight is 279 g/mol. The zero-order chi connectivity index (χ0) is 14.3. The number of methoxy groups -OCH3 is 1. The summed E-state index contributed by atoms with van der Waals surface area (Å²) in [7, 11) is 1.60. The Bertz CT molecular complexity index is 393. The van der Waals surface area contributed by atoms with Crippen molar-refractivity contribution in [3.63, 3.8) is 0 Å². The molecule has 6 heteroatoms. The Balaban J connectivity index is 2.54. The first-order valence-corrected chi connectivity index (χ1v) is 6.00. The van der Waals surface area contributed by atoms with Crippen LogP contribution in [0.25, 0.3) is 0 Å². The molecule has 0 fully saturated rings. The van der Waals surface area contributed by atoms with Crippen LogP contribution in [0.15, 0.2) is 18.2 Å². The predicted octanol–water partition coefficient (Wildman–Crippen LogP) is 3.36. The first-order valence-electron chi connectivity index (χ1n) is 6.00. The van der Waals surface area contributed by atoms with Crippen LogP contribution in [0.5, 0.6) is 0 Å². The highest BCUT2D eigenvalue weighted by Gasteiger charge is 2.33. The standard InChI is InChI=1S/C13H17F4NO/c1-19-7-3-2-6-18-9-10-4-5-11(14)8-12(10)13(15,16)17/h4-5,8,18H,2-3,6-7,9H2,1H3. The molecule has 1 aromatic carbocycles. The summed E-state index contributed by atoms with van der Waals surface area (Å²) in [5, 5.41) is 2.91. The van der Waals surface area contributed by atoms with Crippen LogP contribution in [0.2, 0.25) is 0 Å². The highest BCUT2D eigenvalue weighted by molar-refractivity contribution is 5.30. The molecule has 1 aromatic rings. The molecule has 0 saturated heterocycles. The predicted molar refractivity (Wildman–Crippen MR) is 64.2 cm³/mol. The van der Waals surface area contributed by atoms with E-state index in [-0.39, 0.29) is 12.1 Å². The molecule has 0 aliphatic carbocycles. The SMILES string of the molecule is COCCCCNCc1ccc(F)cc1C(F)(F)F. The topological polar surface area (TPSA) is 21.3 Å². The van der Waals surface area contributed by atoms with Crippen LogP contribution in [0.1, 0.15) is 24.0 Å². The fourth-order valence-electron chi connectivity index (χ4n) is 1.69. The smallest absolute Gasteiger partial charge is 0.385 e. The molecule has 19 heavy (non-hydrogen) atoms. The van der Waals surface area contributed by atoms with Gasteiger partial charge in [0.25, 0.3) is 0 Å². The van der Waals surface area contributed by atoms with Gasteiger partial charge in [0.15, 0.2) is 0 Å². The number of ether oxygens (including phenoxy) is 1. The Hall–Kier alpha value is -1.14. The van der Waals surface area contributed by atoms with Crippen LogP contribution < -0.4 is 5.32 Å². The summed E-state index contributed by atoms with van der Waals surface area (Å²) in [6.07, 6.45) is -2.87. The molecule has 0 spiro atoms. The number of hydrogen-bond acceptors (Lipinski definition) is 2. The van der Waals surface area contributed by atoms with E-state index < -0.39 is 17.6 Å². The highest BCUT2D eigenvalue weighted by atomic mass is 19.4. The minimum Gasteiger partial charge on any atom is -0.385 e. The summed E-state index contributed by atoms with van der Waals surface area (Å²) < 4.78 is 55.8. The third-order valence-electron chi connectivity index (χ3n) is 2.64. The van der Waals surface area contributed by atoms with Crippen molar-refractivity contribution in [2.75, 3.05) is 20.3 Å². The summed E-state index contributed by atoms with van der Waals surface area (Å²) in [6.45, 7) is 1.30. The molecule has 0 radical (unpaired) electrons. The van der Waals surface area contributed by atoms with Crippen LogP contribution in [0.4, 0.5) is 17.6 Å². The number of hydrogen-bond donors (Lipinski definition) is 1. The molecule has 0 amide bonds. The maximum absolute atomic E-state index is 12.9. The largest absolute Gasteiger partial charge is 0.416 e. The van der Waals surface area contributed by atoms with Crippen LogP contribution in [-0.4, -0.2) is 20.3 Å². The number of halogens is 4. The normalized spacial score (nSPS) is 11.8. The molecule has 1 N–H and O–H groups in total. The molecule has 0 aliphatic heterocycles. The van der Waals surface area contributed by atoms with Crippen LogP contribution >= 0.6 is 0 Å². The van der Waals surface area contributed by atoms with Crippen LogP contribution in [0, 0.1) is 5.82 Å². The molecule has 1 rings (SSSR count). The Morgan fingerprint density at radius 1 is 1.21 bits per heavy atom. The minimum absolute atomic E-state index is 0.0561. The van der Waals surface area contributed by atoms with Crippen molar-refractivity contribution < 1.29 is 22.3 Å². The molecule has 2 nitrogen and oxygen atoms in total. The zero-order valence-corrected chi connectivity index (χ0v) is 10.7. The van der Waals surface area contributed by atoms with Gasteiger partial charge in [-0.25, -0.2) is 4.39 Å². The molecule has 0 bridgehead atoms. The summed E-state index contributed by atoms with van der Waals surface area (Å²) in [4.78, 5) is 0. The number of rotatable bonds is 7. The van der Waals surface area contributed by atoms with Crippen molar-refractivity contribution in [3.05, 3.63) is 35.1 Å². The Morgan fingerprint density at radius 3 is 2.58 bits per heavy atom. The van der Waals surface area contributed by atoms with Gasteiger partial charge in [-0.2, -0.15) is 13.2 Å². The van der Waals surface area contributed by atoms with Crippen molar-refractivity contribution in [2.24, 2.45) is 0 Å². The van der Waals surface area contributed by atoms with Gasteiger partial charge < -0.3 is 10.1 Å². The Labute approximate surface area is 109 Å². The van der Waals surface area contributed by atoms with Crippen molar-refractivity contribution >= 4 is 0 Å². The summed E-state index contributed by atoms with van der Waals surface area (Å²) >= 11 is 0. The Morgan fingerprint density at radius 2 is 1.95 bits per heavy atom. The van der Waals surface area contributed by atoms with Gasteiger partial charge in [0.05, 0.1) is 5.56 Å². The molecule has 0 aliphatic rings. The van der Waals surface area contributed by atoms with E-state index in [9.17, 15) is 17.6 Å². The quantitative estimate of drug-likeness (QED) is 0.610. The lowest BCUT2D eigenvalue weighted by Gasteiger charge is -2.13. The molecule has 0 aromatic heterocycles. The van der Waals surface area contributed by atoms with E-state index in [1.54, 1.807) is 7.11 Å². The zero-order valence-electron chi connectivity index (χ0n) is 10.7. The molecule has 108 valence electrons. The number of alkyl halides is 3. The van der Waals surface area contributed by atoms with E-state index >= 15 is 0 Å². The minimum atomic E-state index is -4.53. The van der Waals surface area contributed by atoms with Crippen molar-refractivity contribution in [1.82, 2.24) is 5.32 Å². The fraction of sp³-hybridized carbons (Fsp3) is 0.538. The maximum Gasteiger partial charge on any atom is 0.416 e. The van der Waals surface area contributed by atoms with Crippen molar-refractivity contribution in [3.8, 4) is 0 Å². The second-order valence-corrected chi connectivity index (χ2v) is 4.18. The van der Waals surface area contributed by atoms with Gasteiger partial charge in [-0.05, 0) is 37.1 Å². The molecule has 0 heterocycles. The molecule has 0 saturated carbocycles. The third-order valence-corrected chi connectivity index (χ3v) is 2.64. The summed E-state index contributed by atoms with van der Waals surface area (Å²) in [6, 6.07) is 2.74. The van der Waals surface area contributed by atoms with E-state index in [1.807, 2.05) is 0 Å². The maximum atomic E-state index is 12.9. The van der Waals surface area contributed by atoms with Crippen molar-refractivity contribution in [2.45, 2.75) is 25.6 Å². The van der Waals surface area contributed by atoms with E-state index in [2.05, 4.69) is 5.32 Å².